The van der Waals surface area contributed by atoms with Crippen molar-refractivity contribution in [2.45, 2.75) is 20.8 Å². The normalized spacial score (nSPS) is 23.6. The molecule has 1 aliphatic rings. The van der Waals surface area contributed by atoms with E-state index in [0.717, 1.165) is 11.3 Å². The quantitative estimate of drug-likeness (QED) is 0.873. The number of nitrogens with one attached hydrogen (secondary N) is 1. The van der Waals surface area contributed by atoms with Crippen LogP contribution in [0, 0.1) is 24.2 Å². The molecule has 1 aliphatic carbocycles. The van der Waals surface area contributed by atoms with Gasteiger partial charge in [-0.3, -0.25) is 4.79 Å². The first-order valence-electron chi connectivity index (χ1n) is 6.23. The van der Waals surface area contributed by atoms with Crippen LogP contribution in [0.1, 0.15) is 19.4 Å². The Labute approximate surface area is 123 Å². The van der Waals surface area contributed by atoms with Crippen LogP contribution in [0.15, 0.2) is 34.8 Å². The lowest BCUT2D eigenvalue weighted by molar-refractivity contribution is -0.118. The highest BCUT2D eigenvalue weighted by molar-refractivity contribution is 6.55. The van der Waals surface area contributed by atoms with Gasteiger partial charge < -0.3 is 5.32 Å². The van der Waals surface area contributed by atoms with Gasteiger partial charge in [0.05, 0.1) is 5.92 Å². The summed E-state index contributed by atoms with van der Waals surface area (Å²) in [5.41, 5.74) is 1.81. The zero-order chi connectivity index (χ0) is 14.2. The van der Waals surface area contributed by atoms with Gasteiger partial charge in [0.25, 0.3) is 0 Å². The third kappa shape index (κ3) is 2.96. The molecule has 0 radical (unpaired) electrons. The van der Waals surface area contributed by atoms with Crippen molar-refractivity contribution >= 4 is 34.8 Å². The Morgan fingerprint density at radius 2 is 1.95 bits per heavy atom. The van der Waals surface area contributed by atoms with Gasteiger partial charge in [0.15, 0.2) is 0 Å². The minimum absolute atomic E-state index is 0.0233. The van der Waals surface area contributed by atoms with Crippen LogP contribution in [-0.2, 0) is 4.79 Å². The molecule has 0 saturated heterocycles. The maximum absolute atomic E-state index is 12.3. The van der Waals surface area contributed by atoms with E-state index in [-0.39, 0.29) is 27.6 Å². The van der Waals surface area contributed by atoms with Gasteiger partial charge in [0.2, 0.25) is 5.91 Å². The first kappa shape index (κ1) is 14.4. The number of benzene rings is 1. The van der Waals surface area contributed by atoms with Crippen molar-refractivity contribution in [1.82, 2.24) is 0 Å². The third-order valence-corrected chi connectivity index (χ3v) is 4.15. The molecule has 2 nitrogen and oxygen atoms in total. The predicted octanol–water partition coefficient (Wildman–Crippen LogP) is 4.52. The monoisotopic (exact) mass is 297 g/mol. The number of hydrogen-bond donors (Lipinski definition) is 1. The average Bonchev–Trinajstić information content (AvgIpc) is 2.82. The van der Waals surface area contributed by atoms with Crippen LogP contribution in [0.3, 0.4) is 0 Å². The van der Waals surface area contributed by atoms with E-state index in [1.165, 1.54) is 0 Å². The second-order valence-corrected chi connectivity index (χ2v) is 6.59. The number of rotatable bonds is 3. The molecule has 1 aromatic carbocycles. The van der Waals surface area contributed by atoms with E-state index < -0.39 is 0 Å². The molecule has 1 amide bonds. The van der Waals surface area contributed by atoms with Crippen molar-refractivity contribution in [3.8, 4) is 0 Å². The Bertz CT molecular complexity index is 533. The van der Waals surface area contributed by atoms with Gasteiger partial charge in [-0.05, 0) is 36.0 Å². The largest absolute Gasteiger partial charge is 0.326 e. The van der Waals surface area contributed by atoms with E-state index >= 15 is 0 Å². The van der Waals surface area contributed by atoms with Crippen molar-refractivity contribution in [2.24, 2.45) is 17.3 Å². The van der Waals surface area contributed by atoms with E-state index in [0.29, 0.717) is 0 Å². The summed E-state index contributed by atoms with van der Waals surface area (Å²) in [6, 6.07) is 7.74. The molecular formula is C15H17Cl2NO. The van der Waals surface area contributed by atoms with E-state index in [1.807, 2.05) is 45.0 Å². The molecule has 2 unspecified atom stereocenters. The molecule has 1 aromatic rings. The van der Waals surface area contributed by atoms with Crippen molar-refractivity contribution in [2.75, 3.05) is 5.32 Å². The molecule has 19 heavy (non-hydrogen) atoms. The number of carbonyl (C=O) groups is 1. The van der Waals surface area contributed by atoms with Gasteiger partial charge in [-0.25, -0.2) is 0 Å². The lowest BCUT2D eigenvalue weighted by Crippen LogP contribution is -2.17. The summed E-state index contributed by atoms with van der Waals surface area (Å²) < 4.78 is 0.226. The summed E-state index contributed by atoms with van der Waals surface area (Å²) in [7, 11) is 0. The smallest absolute Gasteiger partial charge is 0.228 e. The molecule has 2 rings (SSSR count). The molecule has 0 aliphatic heterocycles. The van der Waals surface area contributed by atoms with Crippen molar-refractivity contribution in [3.05, 3.63) is 40.4 Å². The Balaban J connectivity index is 2.10. The van der Waals surface area contributed by atoms with Crippen LogP contribution in [0.2, 0.25) is 0 Å². The number of allylic oxidation sites excluding steroid dienone is 1. The molecule has 1 fully saturated rings. The minimum atomic E-state index is -0.0954. The Kier molecular flexibility index (Phi) is 3.93. The SMILES string of the molecule is Cc1ccccc1NC(=O)C1C(C=C(Cl)Cl)C1(C)C. The van der Waals surface area contributed by atoms with Crippen molar-refractivity contribution in [1.29, 1.82) is 0 Å². The molecule has 1 saturated carbocycles. The number of para-hydroxylation sites is 1. The Morgan fingerprint density at radius 1 is 1.32 bits per heavy atom. The first-order chi connectivity index (χ1) is 8.84. The first-order valence-corrected chi connectivity index (χ1v) is 6.99. The standard InChI is InChI=1S/C15H17Cl2NO/c1-9-6-4-5-7-11(9)18-14(19)13-10(8-12(16)17)15(13,2)3/h4-8,10,13H,1-3H3,(H,18,19). The zero-order valence-electron chi connectivity index (χ0n) is 11.2. The highest BCUT2D eigenvalue weighted by Crippen LogP contribution is 2.60. The van der Waals surface area contributed by atoms with E-state index in [1.54, 1.807) is 6.08 Å². The fraction of sp³-hybridized carbons (Fsp3) is 0.400. The molecular weight excluding hydrogens is 281 g/mol. The number of halogens is 2. The number of anilines is 1. The lowest BCUT2D eigenvalue weighted by Gasteiger charge is -2.08. The maximum Gasteiger partial charge on any atom is 0.228 e. The van der Waals surface area contributed by atoms with Gasteiger partial charge in [-0.15, -0.1) is 0 Å². The summed E-state index contributed by atoms with van der Waals surface area (Å²) in [5, 5.41) is 2.98. The highest BCUT2D eigenvalue weighted by atomic mass is 35.5. The second kappa shape index (κ2) is 5.18. The van der Waals surface area contributed by atoms with Crippen LogP contribution < -0.4 is 5.32 Å². The van der Waals surface area contributed by atoms with Crippen molar-refractivity contribution < 1.29 is 4.79 Å². The van der Waals surface area contributed by atoms with Gasteiger partial charge in [-0.2, -0.15) is 0 Å². The van der Waals surface area contributed by atoms with Crippen molar-refractivity contribution in [3.63, 3.8) is 0 Å². The Morgan fingerprint density at radius 3 is 2.53 bits per heavy atom. The highest BCUT2D eigenvalue weighted by Gasteiger charge is 2.60. The van der Waals surface area contributed by atoms with E-state index in [9.17, 15) is 4.79 Å². The summed E-state index contributed by atoms with van der Waals surface area (Å²) >= 11 is 11.4. The maximum atomic E-state index is 12.3. The van der Waals surface area contributed by atoms with Gasteiger partial charge in [0.1, 0.15) is 4.49 Å². The molecule has 2 atom stereocenters. The van der Waals surface area contributed by atoms with Gasteiger partial charge >= 0.3 is 0 Å². The van der Waals surface area contributed by atoms with E-state index in [4.69, 9.17) is 23.2 Å². The fourth-order valence-corrected chi connectivity index (χ4v) is 2.82. The van der Waals surface area contributed by atoms with Crippen LogP contribution in [0.5, 0.6) is 0 Å². The number of hydrogen-bond acceptors (Lipinski definition) is 1. The minimum Gasteiger partial charge on any atom is -0.326 e. The summed E-state index contributed by atoms with van der Waals surface area (Å²) in [6.07, 6.45) is 1.76. The zero-order valence-corrected chi connectivity index (χ0v) is 12.7. The summed E-state index contributed by atoms with van der Waals surface area (Å²) in [5.74, 6) is 0.0382. The summed E-state index contributed by atoms with van der Waals surface area (Å²) in [4.78, 5) is 12.3. The molecule has 1 N–H and O–H groups in total. The molecule has 0 aromatic heterocycles. The summed E-state index contributed by atoms with van der Waals surface area (Å²) in [6.45, 7) is 6.07. The van der Waals surface area contributed by atoms with Crippen LogP contribution in [-0.4, -0.2) is 5.91 Å². The molecule has 0 bridgehead atoms. The van der Waals surface area contributed by atoms with E-state index in [2.05, 4.69) is 5.32 Å². The number of carbonyl (C=O) groups excluding carboxylic acids is 1. The van der Waals surface area contributed by atoms with Crippen LogP contribution in [0.25, 0.3) is 0 Å². The fourth-order valence-electron chi connectivity index (χ4n) is 2.55. The molecule has 0 heterocycles. The van der Waals surface area contributed by atoms with Crippen LogP contribution in [0.4, 0.5) is 5.69 Å². The number of aryl methyl sites for hydroxylation is 1. The third-order valence-electron chi connectivity index (χ3n) is 3.90. The molecule has 0 spiro atoms. The predicted molar refractivity (Wildman–Crippen MR) is 80.4 cm³/mol. The van der Waals surface area contributed by atoms with Gasteiger partial charge in [0, 0.05) is 5.69 Å². The topological polar surface area (TPSA) is 29.1 Å². The van der Waals surface area contributed by atoms with Gasteiger partial charge in [-0.1, -0.05) is 55.2 Å². The average molecular weight is 298 g/mol. The molecule has 102 valence electrons. The lowest BCUT2D eigenvalue weighted by atomic mass is 10.1. The Hall–Kier alpha value is -0.990. The second-order valence-electron chi connectivity index (χ2n) is 5.59. The van der Waals surface area contributed by atoms with Crippen LogP contribution >= 0.6 is 23.2 Å². The molecule has 4 heteroatoms. The number of amides is 1.